The SMILES string of the molecule is CC1(C)OC2C(O1)[C@H](NC(=O)OCc1ccccc1)C[C@@H]2O.CCOC(=O)CO[C@H]1C[C@@H](NC(=O)OCc2ccccc2)C2OC(C)(C)OC21. The highest BCUT2D eigenvalue weighted by Crippen LogP contribution is 2.40. The van der Waals surface area contributed by atoms with E-state index in [1.807, 2.05) is 60.7 Å². The van der Waals surface area contributed by atoms with E-state index in [4.69, 9.17) is 37.9 Å². The Morgan fingerprint density at radius 1 is 0.700 bits per heavy atom. The van der Waals surface area contributed by atoms with E-state index in [1.54, 1.807) is 34.6 Å². The minimum atomic E-state index is -0.796. The van der Waals surface area contributed by atoms with Crippen LogP contribution in [0.15, 0.2) is 60.7 Å². The van der Waals surface area contributed by atoms with Crippen molar-refractivity contribution in [2.24, 2.45) is 0 Å². The third-order valence-corrected chi connectivity index (χ3v) is 8.60. The maximum Gasteiger partial charge on any atom is 0.407 e. The molecule has 2 heterocycles. The zero-order valence-corrected chi connectivity index (χ0v) is 29.1. The Morgan fingerprint density at radius 3 is 1.68 bits per heavy atom. The Morgan fingerprint density at radius 2 is 1.16 bits per heavy atom. The van der Waals surface area contributed by atoms with Gasteiger partial charge in [0.25, 0.3) is 0 Å². The van der Waals surface area contributed by atoms with Crippen molar-refractivity contribution < 1.29 is 57.4 Å². The molecule has 6 rings (SSSR count). The Hall–Kier alpha value is -3.79. The summed E-state index contributed by atoms with van der Waals surface area (Å²) in [6, 6.07) is 18.2. The largest absolute Gasteiger partial charge is 0.464 e. The van der Waals surface area contributed by atoms with Crippen LogP contribution < -0.4 is 10.6 Å². The Bertz CT molecular complexity index is 1420. The lowest BCUT2D eigenvalue weighted by Crippen LogP contribution is -2.43. The fourth-order valence-electron chi connectivity index (χ4n) is 6.54. The van der Waals surface area contributed by atoms with Gasteiger partial charge in [0.15, 0.2) is 11.6 Å². The van der Waals surface area contributed by atoms with Gasteiger partial charge in [0.1, 0.15) is 44.2 Å². The normalized spacial score (nSPS) is 29.9. The van der Waals surface area contributed by atoms with Crippen LogP contribution in [0.4, 0.5) is 9.59 Å². The van der Waals surface area contributed by atoms with Crippen molar-refractivity contribution in [1.29, 1.82) is 0 Å². The average molecular weight is 701 g/mol. The van der Waals surface area contributed by atoms with Crippen LogP contribution in [0.25, 0.3) is 0 Å². The second kappa shape index (κ2) is 16.5. The highest BCUT2D eigenvalue weighted by atomic mass is 16.8. The fourth-order valence-corrected chi connectivity index (χ4v) is 6.54. The number of esters is 1. The standard InChI is InChI=1S/C20H27NO7.C16H21NO5/c1-4-24-16(22)12-25-15-10-14(17-18(15)28-20(2,3)27-17)21-19(23)26-11-13-8-6-5-7-9-13;1-16(2)21-13-11(8-12(18)14(13)22-16)17-15(19)20-9-10-6-4-3-5-7-10/h5-9,14-15,17-18H,4,10-12H2,1-3H3,(H,21,23);3-7,11-14,18H,8-9H2,1-2H3,(H,17,19)/t14-,15+,17?,18?;11-,12+,13?,14?/m11/s1. The molecule has 2 amide bonds. The lowest BCUT2D eigenvalue weighted by Gasteiger charge is -2.23. The van der Waals surface area contributed by atoms with Crippen LogP contribution in [0, 0.1) is 0 Å². The minimum absolute atomic E-state index is 0.170. The van der Waals surface area contributed by atoms with E-state index in [9.17, 15) is 19.5 Å². The van der Waals surface area contributed by atoms with E-state index in [1.165, 1.54) is 0 Å². The van der Waals surface area contributed by atoms with Gasteiger partial charge in [-0.15, -0.1) is 0 Å². The Labute approximate surface area is 292 Å². The average Bonchev–Trinajstić information content (AvgIpc) is 3.76. The number of hydrogen-bond donors (Lipinski definition) is 3. The fraction of sp³-hybridized carbons (Fsp3) is 0.583. The predicted octanol–water partition coefficient (Wildman–Crippen LogP) is 3.72. The van der Waals surface area contributed by atoms with Crippen LogP contribution in [0.1, 0.15) is 58.6 Å². The first-order chi connectivity index (χ1) is 23.8. The molecule has 14 heteroatoms. The summed E-state index contributed by atoms with van der Waals surface area (Å²) in [6.45, 7) is 9.45. The molecule has 2 aromatic rings. The number of benzene rings is 2. The molecule has 4 aliphatic rings. The predicted molar refractivity (Wildman–Crippen MR) is 176 cm³/mol. The van der Waals surface area contributed by atoms with Gasteiger partial charge in [0, 0.05) is 0 Å². The first-order valence-electron chi connectivity index (χ1n) is 16.9. The summed E-state index contributed by atoms with van der Waals surface area (Å²) < 4.78 is 44.4. The van der Waals surface area contributed by atoms with Gasteiger partial charge in [-0.25, -0.2) is 14.4 Å². The lowest BCUT2D eigenvalue weighted by molar-refractivity contribution is -0.172. The molecular formula is C36H48N2O12. The molecule has 2 saturated heterocycles. The van der Waals surface area contributed by atoms with Crippen LogP contribution in [-0.2, 0) is 55.9 Å². The maximum absolute atomic E-state index is 12.2. The number of aliphatic hydroxyl groups excluding tert-OH is 1. The third-order valence-electron chi connectivity index (χ3n) is 8.60. The van der Waals surface area contributed by atoms with Gasteiger partial charge in [-0.1, -0.05) is 60.7 Å². The van der Waals surface area contributed by atoms with Crippen molar-refractivity contribution in [2.75, 3.05) is 13.2 Å². The number of carbonyl (C=O) groups is 3. The number of hydrogen-bond acceptors (Lipinski definition) is 12. The number of fused-ring (bicyclic) bond motifs is 2. The molecule has 2 aliphatic carbocycles. The summed E-state index contributed by atoms with van der Waals surface area (Å²) in [6.07, 6.45) is -2.78. The van der Waals surface area contributed by atoms with Crippen LogP contribution >= 0.6 is 0 Å². The highest BCUT2D eigenvalue weighted by Gasteiger charge is 2.56. The Balaban J connectivity index is 0.000000200. The number of rotatable bonds is 10. The van der Waals surface area contributed by atoms with E-state index >= 15 is 0 Å². The van der Waals surface area contributed by atoms with E-state index in [0.717, 1.165) is 11.1 Å². The summed E-state index contributed by atoms with van der Waals surface area (Å²) in [7, 11) is 0. The van der Waals surface area contributed by atoms with Crippen LogP contribution in [-0.4, -0.2) is 96.8 Å². The zero-order valence-electron chi connectivity index (χ0n) is 29.1. The van der Waals surface area contributed by atoms with Crippen LogP contribution in [0.3, 0.4) is 0 Å². The van der Waals surface area contributed by atoms with Gasteiger partial charge in [0.05, 0.1) is 30.9 Å². The monoisotopic (exact) mass is 700 g/mol. The summed E-state index contributed by atoms with van der Waals surface area (Å²) in [5.41, 5.74) is 1.82. The molecule has 0 aromatic heterocycles. The maximum atomic E-state index is 12.2. The third kappa shape index (κ3) is 10.1. The van der Waals surface area contributed by atoms with Gasteiger partial charge < -0.3 is 53.6 Å². The number of alkyl carbamates (subject to hydrolysis) is 2. The second-order valence-corrected chi connectivity index (χ2v) is 13.4. The molecule has 4 fully saturated rings. The number of nitrogens with one attached hydrogen (secondary N) is 2. The first-order valence-corrected chi connectivity index (χ1v) is 16.9. The lowest BCUT2D eigenvalue weighted by atomic mass is 10.2. The van der Waals surface area contributed by atoms with E-state index in [0.29, 0.717) is 19.4 Å². The van der Waals surface area contributed by atoms with Crippen molar-refractivity contribution >= 4 is 18.2 Å². The number of carbonyl (C=O) groups excluding carboxylic acids is 3. The zero-order chi connectivity index (χ0) is 35.9. The van der Waals surface area contributed by atoms with Gasteiger partial charge in [-0.3, -0.25) is 0 Å². The summed E-state index contributed by atoms with van der Waals surface area (Å²) >= 11 is 0. The molecule has 2 aliphatic heterocycles. The van der Waals surface area contributed by atoms with Crippen molar-refractivity contribution in [3.05, 3.63) is 71.8 Å². The Kier molecular flexibility index (Phi) is 12.4. The van der Waals surface area contributed by atoms with Crippen molar-refractivity contribution in [3.8, 4) is 0 Å². The number of ether oxygens (including phenoxy) is 8. The molecule has 8 atom stereocenters. The second-order valence-electron chi connectivity index (χ2n) is 13.4. The van der Waals surface area contributed by atoms with E-state index < -0.39 is 48.0 Å². The van der Waals surface area contributed by atoms with E-state index in [-0.39, 0.29) is 50.2 Å². The topological polar surface area (TPSA) is 169 Å². The molecule has 3 N–H and O–H groups in total. The molecular weight excluding hydrogens is 652 g/mol. The minimum Gasteiger partial charge on any atom is -0.464 e. The molecule has 0 bridgehead atoms. The summed E-state index contributed by atoms with van der Waals surface area (Å²) in [5.74, 6) is -1.98. The molecule has 274 valence electrons. The molecule has 2 aromatic carbocycles. The van der Waals surface area contributed by atoms with Crippen LogP contribution in [0.2, 0.25) is 0 Å². The number of aliphatic hydroxyl groups is 1. The molecule has 0 radical (unpaired) electrons. The van der Waals surface area contributed by atoms with Gasteiger partial charge in [0.2, 0.25) is 0 Å². The molecule has 50 heavy (non-hydrogen) atoms. The van der Waals surface area contributed by atoms with E-state index in [2.05, 4.69) is 10.6 Å². The number of amides is 2. The van der Waals surface area contributed by atoms with Gasteiger partial charge in [-0.05, 0) is 58.6 Å². The molecule has 2 saturated carbocycles. The van der Waals surface area contributed by atoms with Gasteiger partial charge >= 0.3 is 18.2 Å². The van der Waals surface area contributed by atoms with Crippen molar-refractivity contribution in [2.45, 2.75) is 121 Å². The highest BCUT2D eigenvalue weighted by molar-refractivity contribution is 5.70. The first kappa shape index (κ1) is 37.5. The van der Waals surface area contributed by atoms with Crippen molar-refractivity contribution in [1.82, 2.24) is 10.6 Å². The summed E-state index contributed by atoms with van der Waals surface area (Å²) in [5, 5.41) is 15.6. The smallest absolute Gasteiger partial charge is 0.407 e. The molecule has 14 nitrogen and oxygen atoms in total. The van der Waals surface area contributed by atoms with Crippen LogP contribution in [0.5, 0.6) is 0 Å². The molecule has 4 unspecified atom stereocenters. The molecule has 0 spiro atoms. The van der Waals surface area contributed by atoms with Crippen molar-refractivity contribution in [3.63, 3.8) is 0 Å². The quantitative estimate of drug-likeness (QED) is 0.243. The summed E-state index contributed by atoms with van der Waals surface area (Å²) in [4.78, 5) is 35.7. The van der Waals surface area contributed by atoms with Gasteiger partial charge in [-0.2, -0.15) is 0 Å².